The molecule has 0 bridgehead atoms. The zero-order valence-corrected chi connectivity index (χ0v) is 31.7. The Hall–Kier alpha value is -5.34. The van der Waals surface area contributed by atoms with E-state index in [1.165, 1.54) is 18.9 Å². The summed E-state index contributed by atoms with van der Waals surface area (Å²) >= 11 is 0. The highest BCUT2D eigenvalue weighted by Crippen LogP contribution is 2.36. The van der Waals surface area contributed by atoms with E-state index in [1.54, 1.807) is 76.8 Å². The van der Waals surface area contributed by atoms with Gasteiger partial charge in [0.15, 0.2) is 0 Å². The van der Waals surface area contributed by atoms with Crippen molar-refractivity contribution in [1.82, 2.24) is 25.3 Å². The van der Waals surface area contributed by atoms with E-state index < -0.39 is 77.3 Å². The van der Waals surface area contributed by atoms with Gasteiger partial charge in [0, 0.05) is 19.3 Å². The van der Waals surface area contributed by atoms with Crippen molar-refractivity contribution in [1.29, 1.82) is 0 Å². The molecule has 3 N–H and O–H groups in total. The zero-order chi connectivity index (χ0) is 39.1. The van der Waals surface area contributed by atoms with E-state index in [-0.39, 0.29) is 26.2 Å². The molecule has 15 heteroatoms. The van der Waals surface area contributed by atoms with Gasteiger partial charge < -0.3 is 34.6 Å². The summed E-state index contributed by atoms with van der Waals surface area (Å²) in [4.78, 5) is 84.1. The van der Waals surface area contributed by atoms with Crippen LogP contribution < -0.4 is 16.0 Å². The van der Waals surface area contributed by atoms with Gasteiger partial charge in [-0.1, -0.05) is 69.3 Å². The van der Waals surface area contributed by atoms with Crippen LogP contribution >= 0.6 is 0 Å². The first kappa shape index (κ1) is 40.4. The van der Waals surface area contributed by atoms with Crippen LogP contribution in [0.5, 0.6) is 0 Å². The number of fused-ring (bicyclic) bond motifs is 1. The molecular weight excluding hydrogens is 684 g/mol. The normalized spacial score (nSPS) is 19.3. The first-order valence-corrected chi connectivity index (χ1v) is 17.7. The molecule has 5 unspecified atom stereocenters. The van der Waals surface area contributed by atoms with Crippen LogP contribution in [0.2, 0.25) is 0 Å². The number of nitrogens with one attached hydrogen (secondary N) is 3. The van der Waals surface area contributed by atoms with Crippen molar-refractivity contribution in [3.8, 4) is 0 Å². The average molecular weight is 737 g/mol. The minimum Gasteiger partial charge on any atom is -0.445 e. The van der Waals surface area contributed by atoms with E-state index in [1.807, 2.05) is 30.3 Å². The van der Waals surface area contributed by atoms with Gasteiger partial charge in [-0.25, -0.2) is 14.4 Å². The Labute approximate surface area is 310 Å². The van der Waals surface area contributed by atoms with Crippen molar-refractivity contribution in [2.75, 3.05) is 32.0 Å². The quantitative estimate of drug-likeness (QED) is 0.303. The summed E-state index contributed by atoms with van der Waals surface area (Å²) in [6.07, 6.45) is -2.79. The van der Waals surface area contributed by atoms with Gasteiger partial charge in [-0.3, -0.25) is 24.6 Å². The minimum absolute atomic E-state index is 0.0299. The number of likely N-dealkylation sites (N-methyl/N-ethyl adjacent to an activating group) is 1. The molecule has 2 aliphatic rings. The second-order valence-electron chi connectivity index (χ2n) is 15.3. The molecule has 0 radical (unpaired) electrons. The molecule has 53 heavy (non-hydrogen) atoms. The molecule has 0 saturated carbocycles. The Bertz CT molecular complexity index is 1630. The van der Waals surface area contributed by atoms with Gasteiger partial charge in [0.1, 0.15) is 36.9 Å². The molecule has 0 aliphatic carbocycles. The summed E-state index contributed by atoms with van der Waals surface area (Å²) in [5.74, 6) is -1.44. The van der Waals surface area contributed by atoms with Crippen LogP contribution in [0.1, 0.15) is 60.5 Å². The topological polar surface area (TPSA) is 176 Å². The van der Waals surface area contributed by atoms with Gasteiger partial charge in [0.2, 0.25) is 17.7 Å². The Morgan fingerprint density at radius 1 is 0.887 bits per heavy atom. The zero-order valence-electron chi connectivity index (χ0n) is 31.7. The molecule has 5 atom stereocenters. The molecule has 288 valence electrons. The van der Waals surface area contributed by atoms with Gasteiger partial charge >= 0.3 is 18.3 Å². The lowest BCUT2D eigenvalue weighted by atomic mass is 9.85. The number of para-hydroxylation sites is 1. The van der Waals surface area contributed by atoms with Crippen molar-refractivity contribution in [2.45, 2.75) is 97.4 Å². The van der Waals surface area contributed by atoms with Gasteiger partial charge in [-0.15, -0.1) is 0 Å². The van der Waals surface area contributed by atoms with E-state index in [4.69, 9.17) is 14.2 Å². The molecule has 0 spiro atoms. The fraction of sp³-hybridized carbons (Fsp3) is 0.526. The van der Waals surface area contributed by atoms with Crippen molar-refractivity contribution in [3.05, 3.63) is 66.2 Å². The van der Waals surface area contributed by atoms with Gasteiger partial charge in [-0.05, 0) is 57.2 Å². The highest BCUT2D eigenvalue weighted by molar-refractivity contribution is 5.92. The third kappa shape index (κ3) is 10.8. The molecule has 2 aromatic carbocycles. The molecule has 4 rings (SSSR count). The number of rotatable bonds is 10. The number of benzene rings is 2. The molecule has 15 nitrogen and oxygen atoms in total. The number of carbonyl (C=O) groups excluding carboxylic acids is 6. The summed E-state index contributed by atoms with van der Waals surface area (Å²) in [6, 6.07) is 14.5. The second-order valence-corrected chi connectivity index (χ2v) is 15.3. The lowest BCUT2D eigenvalue weighted by Crippen LogP contribution is -2.60. The SMILES string of the molecule is CC(C(=O)NC(C(=O)N1CCC2C1C(OC(=O)Nc1ccccc1)CN2C(=O)CNC(=O)OC(C)(C)C)C(C)(C)C)N(C)C(=O)OCc1ccccc1. The van der Waals surface area contributed by atoms with E-state index in [0.29, 0.717) is 12.1 Å². The van der Waals surface area contributed by atoms with E-state index >= 15 is 0 Å². The van der Waals surface area contributed by atoms with Crippen molar-refractivity contribution >= 4 is 41.7 Å². The largest absolute Gasteiger partial charge is 0.445 e. The van der Waals surface area contributed by atoms with Crippen LogP contribution in [-0.2, 0) is 35.2 Å². The van der Waals surface area contributed by atoms with Crippen LogP contribution in [0.15, 0.2) is 60.7 Å². The number of nitrogens with zero attached hydrogens (tertiary/aromatic N) is 3. The van der Waals surface area contributed by atoms with E-state index in [2.05, 4.69) is 16.0 Å². The van der Waals surface area contributed by atoms with Gasteiger partial charge in [-0.2, -0.15) is 0 Å². The maximum atomic E-state index is 14.5. The van der Waals surface area contributed by atoms with Crippen LogP contribution in [0, 0.1) is 5.41 Å². The van der Waals surface area contributed by atoms with E-state index in [9.17, 15) is 28.8 Å². The average Bonchev–Trinajstić information content (AvgIpc) is 3.68. The number of anilines is 1. The Morgan fingerprint density at radius 2 is 1.51 bits per heavy atom. The molecule has 2 fully saturated rings. The van der Waals surface area contributed by atoms with Gasteiger partial charge in [0.25, 0.3) is 0 Å². The van der Waals surface area contributed by atoms with Gasteiger partial charge in [0.05, 0.1) is 18.6 Å². The Kier molecular flexibility index (Phi) is 13.0. The standard InChI is InChI=1S/C38H52N6O9/c1-24(42(8)36(50)51-23-25-15-11-9-12-16-25)32(46)41-31(37(2,3)4)33(47)43-20-19-27-30(43)28(52-35(49)40-26-17-13-10-14-18-26)22-44(27)29(45)21-39-34(48)53-38(5,6)7/h9-18,24,27-28,30-31H,19-23H2,1-8H3,(H,39,48)(H,40,49)(H,41,46). The number of alkyl carbamates (subject to hydrolysis) is 1. The van der Waals surface area contributed by atoms with Crippen molar-refractivity contribution in [3.63, 3.8) is 0 Å². The predicted molar refractivity (Wildman–Crippen MR) is 195 cm³/mol. The molecule has 2 aromatic rings. The third-order valence-electron chi connectivity index (χ3n) is 9.10. The molecule has 2 saturated heterocycles. The Morgan fingerprint density at radius 3 is 2.11 bits per heavy atom. The lowest BCUT2D eigenvalue weighted by molar-refractivity contribution is -0.142. The van der Waals surface area contributed by atoms with E-state index in [0.717, 1.165) is 10.5 Å². The first-order valence-electron chi connectivity index (χ1n) is 17.7. The monoisotopic (exact) mass is 736 g/mol. The fourth-order valence-electron chi connectivity index (χ4n) is 6.28. The molecule has 2 aliphatic heterocycles. The fourth-order valence-corrected chi connectivity index (χ4v) is 6.28. The number of amides is 6. The molecule has 0 aromatic heterocycles. The molecule has 6 amide bonds. The number of carbonyl (C=O) groups is 6. The summed E-state index contributed by atoms with van der Waals surface area (Å²) in [5, 5.41) is 8.02. The Balaban J connectivity index is 1.50. The predicted octanol–water partition coefficient (Wildman–Crippen LogP) is 4.13. The number of likely N-dealkylation sites (tertiary alicyclic amines) is 2. The maximum Gasteiger partial charge on any atom is 0.412 e. The summed E-state index contributed by atoms with van der Waals surface area (Å²) in [5.41, 5.74) is -0.260. The number of ether oxygens (including phenoxy) is 3. The smallest absolute Gasteiger partial charge is 0.412 e. The van der Waals surface area contributed by atoms with Crippen LogP contribution in [0.3, 0.4) is 0 Å². The lowest BCUT2D eigenvalue weighted by Gasteiger charge is -2.37. The molecular formula is C38H52N6O9. The van der Waals surface area contributed by atoms with Crippen molar-refractivity contribution < 1.29 is 43.0 Å². The summed E-state index contributed by atoms with van der Waals surface area (Å²) in [6.45, 7) is 11.9. The highest BCUT2D eigenvalue weighted by atomic mass is 16.6. The molecule has 2 heterocycles. The van der Waals surface area contributed by atoms with Crippen LogP contribution in [-0.4, -0.2) is 113 Å². The minimum atomic E-state index is -1.05. The van der Waals surface area contributed by atoms with Crippen molar-refractivity contribution in [2.24, 2.45) is 5.41 Å². The second kappa shape index (κ2) is 17.0. The first-order chi connectivity index (χ1) is 24.9. The number of hydrogen-bond acceptors (Lipinski definition) is 9. The number of hydrogen-bond donors (Lipinski definition) is 3. The highest BCUT2D eigenvalue weighted by Gasteiger charge is 2.55. The summed E-state index contributed by atoms with van der Waals surface area (Å²) in [7, 11) is 1.45. The maximum absolute atomic E-state index is 14.5. The third-order valence-corrected chi connectivity index (χ3v) is 9.10. The van der Waals surface area contributed by atoms with Crippen LogP contribution in [0.4, 0.5) is 20.1 Å². The summed E-state index contributed by atoms with van der Waals surface area (Å²) < 4.78 is 16.5. The van der Waals surface area contributed by atoms with Crippen LogP contribution in [0.25, 0.3) is 0 Å².